The summed E-state index contributed by atoms with van der Waals surface area (Å²) in [6.45, 7) is 8.30. The van der Waals surface area contributed by atoms with Crippen molar-refractivity contribution in [1.82, 2.24) is 0 Å². The van der Waals surface area contributed by atoms with E-state index in [0.717, 1.165) is 23.1 Å². The van der Waals surface area contributed by atoms with Gasteiger partial charge in [0.2, 0.25) is 0 Å². The van der Waals surface area contributed by atoms with Crippen LogP contribution in [0.15, 0.2) is 60.2 Å². The van der Waals surface area contributed by atoms with E-state index in [-0.39, 0.29) is 43.0 Å². The summed E-state index contributed by atoms with van der Waals surface area (Å²) in [5.74, 6) is -0.293. The molecule has 1 saturated carbocycles. The highest BCUT2D eigenvalue weighted by atomic mass is 16.5. The van der Waals surface area contributed by atoms with Crippen molar-refractivity contribution in [3.05, 3.63) is 65.8 Å². The van der Waals surface area contributed by atoms with Gasteiger partial charge in [-0.15, -0.1) is 0 Å². The summed E-state index contributed by atoms with van der Waals surface area (Å²) in [6, 6.07) is 9.62. The maximum absolute atomic E-state index is 12.6. The van der Waals surface area contributed by atoms with Gasteiger partial charge in [-0.1, -0.05) is 62.4 Å². The van der Waals surface area contributed by atoms with E-state index in [9.17, 15) is 15.0 Å². The largest absolute Gasteiger partial charge is 0.459 e. The molecular formula is C24H30O4. The second kappa shape index (κ2) is 8.46. The van der Waals surface area contributed by atoms with Gasteiger partial charge in [-0.2, -0.15) is 0 Å². The number of carbonyl (C=O) groups is 1. The summed E-state index contributed by atoms with van der Waals surface area (Å²) in [7, 11) is 0. The van der Waals surface area contributed by atoms with E-state index in [1.54, 1.807) is 6.08 Å². The Bertz CT molecular complexity index is 779. The van der Waals surface area contributed by atoms with Gasteiger partial charge in [0, 0.05) is 17.4 Å². The van der Waals surface area contributed by atoms with Gasteiger partial charge in [-0.25, -0.2) is 4.79 Å². The van der Waals surface area contributed by atoms with Crippen LogP contribution in [0.5, 0.6) is 0 Å². The molecule has 5 atom stereocenters. The lowest BCUT2D eigenvalue weighted by Gasteiger charge is -2.55. The molecule has 0 radical (unpaired) electrons. The van der Waals surface area contributed by atoms with Crippen LogP contribution in [0.2, 0.25) is 0 Å². The smallest absolute Gasteiger partial charge is 0.331 e. The molecule has 2 aliphatic rings. The van der Waals surface area contributed by atoms with Crippen LogP contribution in [0, 0.1) is 23.2 Å². The number of ether oxygens (including phenoxy) is 1. The molecule has 1 fully saturated rings. The molecule has 4 heteroatoms. The van der Waals surface area contributed by atoms with Crippen LogP contribution < -0.4 is 0 Å². The first kappa shape index (κ1) is 20.6. The predicted octanol–water partition coefficient (Wildman–Crippen LogP) is 3.76. The normalized spacial score (nSPS) is 32.7. The molecule has 0 aliphatic heterocycles. The zero-order chi connectivity index (χ0) is 20.3. The van der Waals surface area contributed by atoms with Crippen LogP contribution in [0.3, 0.4) is 0 Å². The van der Waals surface area contributed by atoms with Crippen molar-refractivity contribution in [2.24, 2.45) is 23.2 Å². The highest BCUT2D eigenvalue weighted by molar-refractivity contribution is 5.87. The van der Waals surface area contributed by atoms with Gasteiger partial charge in [0.1, 0.15) is 6.10 Å². The van der Waals surface area contributed by atoms with Crippen LogP contribution in [0.25, 0.3) is 6.08 Å². The van der Waals surface area contributed by atoms with Gasteiger partial charge >= 0.3 is 5.97 Å². The topological polar surface area (TPSA) is 66.8 Å². The number of carbonyl (C=O) groups excluding carboxylic acids is 1. The van der Waals surface area contributed by atoms with Crippen LogP contribution >= 0.6 is 0 Å². The van der Waals surface area contributed by atoms with Gasteiger partial charge < -0.3 is 14.9 Å². The lowest BCUT2D eigenvalue weighted by Crippen LogP contribution is -2.55. The minimum absolute atomic E-state index is 0.0883. The Morgan fingerprint density at radius 1 is 1.32 bits per heavy atom. The minimum Gasteiger partial charge on any atom is -0.459 e. The molecule has 1 aromatic rings. The van der Waals surface area contributed by atoms with E-state index in [2.05, 4.69) is 20.4 Å². The summed E-state index contributed by atoms with van der Waals surface area (Å²) in [6.07, 6.45) is 6.30. The predicted molar refractivity (Wildman–Crippen MR) is 110 cm³/mol. The van der Waals surface area contributed by atoms with Gasteiger partial charge in [-0.05, 0) is 41.9 Å². The first-order chi connectivity index (χ1) is 13.4. The minimum atomic E-state index is -0.485. The van der Waals surface area contributed by atoms with E-state index in [4.69, 9.17) is 4.74 Å². The van der Waals surface area contributed by atoms with E-state index in [0.29, 0.717) is 6.42 Å². The number of aliphatic hydroxyl groups is 2. The summed E-state index contributed by atoms with van der Waals surface area (Å²) in [4.78, 5) is 12.6. The molecule has 0 saturated heterocycles. The van der Waals surface area contributed by atoms with Gasteiger partial charge in [0.25, 0.3) is 0 Å². The fraction of sp³-hybridized carbons (Fsp3) is 0.458. The SMILES string of the molecule is C=C1C(C)CC(OC(=O)C=Cc2ccccc2)C2(C)C1CC=C(CO)C2CO. The standard InChI is InChI=1S/C24H30O4/c1-16-13-22(28-23(27)12-9-18-7-5-4-6-8-18)24(3)20(17(16)2)11-10-19(14-25)21(24)15-26/h4-10,12,16,20-22,25-26H,2,11,13-15H2,1,3H3. The number of esters is 1. The average molecular weight is 383 g/mol. The Morgan fingerprint density at radius 2 is 2.04 bits per heavy atom. The second-order valence-electron chi connectivity index (χ2n) is 8.21. The fourth-order valence-corrected chi connectivity index (χ4v) is 4.95. The lowest BCUT2D eigenvalue weighted by molar-refractivity contribution is -0.162. The Kier molecular flexibility index (Phi) is 6.21. The Morgan fingerprint density at radius 3 is 2.68 bits per heavy atom. The van der Waals surface area contributed by atoms with Crippen LogP contribution in [-0.2, 0) is 9.53 Å². The molecule has 3 rings (SSSR count). The van der Waals surface area contributed by atoms with E-state index in [1.165, 1.54) is 6.08 Å². The number of allylic oxidation sites excluding steroid dienone is 2. The molecule has 150 valence electrons. The van der Waals surface area contributed by atoms with Crippen molar-refractivity contribution < 1.29 is 19.7 Å². The summed E-state index contributed by atoms with van der Waals surface area (Å²) in [5, 5.41) is 19.9. The zero-order valence-corrected chi connectivity index (χ0v) is 16.7. The molecule has 4 nitrogen and oxygen atoms in total. The summed E-state index contributed by atoms with van der Waals surface area (Å²) < 4.78 is 5.94. The van der Waals surface area contributed by atoms with Crippen molar-refractivity contribution in [2.75, 3.05) is 13.2 Å². The molecule has 0 aromatic heterocycles. The van der Waals surface area contributed by atoms with Gasteiger partial charge in [0.15, 0.2) is 0 Å². The molecule has 2 N–H and O–H groups in total. The molecule has 0 bridgehead atoms. The molecule has 28 heavy (non-hydrogen) atoms. The Balaban J connectivity index is 1.86. The van der Waals surface area contributed by atoms with Crippen molar-refractivity contribution in [3.63, 3.8) is 0 Å². The van der Waals surface area contributed by atoms with Gasteiger partial charge in [0.05, 0.1) is 13.2 Å². The van der Waals surface area contributed by atoms with Crippen LogP contribution in [0.4, 0.5) is 0 Å². The van der Waals surface area contributed by atoms with Gasteiger partial charge in [-0.3, -0.25) is 0 Å². The molecule has 0 heterocycles. The van der Waals surface area contributed by atoms with Crippen molar-refractivity contribution in [3.8, 4) is 0 Å². The number of hydrogen-bond donors (Lipinski definition) is 2. The summed E-state index contributed by atoms with van der Waals surface area (Å²) in [5.41, 5.74) is 2.41. The quantitative estimate of drug-likeness (QED) is 0.462. The first-order valence-electron chi connectivity index (χ1n) is 9.94. The van der Waals surface area contributed by atoms with Crippen LogP contribution in [-0.4, -0.2) is 35.5 Å². The average Bonchev–Trinajstić information content (AvgIpc) is 2.70. The number of benzene rings is 1. The Labute approximate surface area is 167 Å². The van der Waals surface area contributed by atoms with Crippen LogP contribution in [0.1, 0.15) is 32.3 Å². The third-order valence-electron chi connectivity index (χ3n) is 6.74. The number of rotatable bonds is 5. The third-order valence-corrected chi connectivity index (χ3v) is 6.74. The lowest BCUT2D eigenvalue weighted by atomic mass is 9.51. The number of fused-ring (bicyclic) bond motifs is 1. The number of hydrogen-bond acceptors (Lipinski definition) is 4. The second-order valence-corrected chi connectivity index (χ2v) is 8.21. The molecule has 0 spiro atoms. The fourth-order valence-electron chi connectivity index (χ4n) is 4.95. The maximum Gasteiger partial charge on any atom is 0.331 e. The zero-order valence-electron chi connectivity index (χ0n) is 16.7. The van der Waals surface area contributed by atoms with Crippen molar-refractivity contribution in [1.29, 1.82) is 0 Å². The molecule has 0 amide bonds. The third kappa shape index (κ3) is 3.71. The molecule has 2 aliphatic carbocycles. The highest BCUT2D eigenvalue weighted by Gasteiger charge is 2.55. The van der Waals surface area contributed by atoms with Crippen molar-refractivity contribution >= 4 is 12.0 Å². The molecular weight excluding hydrogens is 352 g/mol. The maximum atomic E-state index is 12.6. The molecule has 5 unspecified atom stereocenters. The molecule has 1 aromatic carbocycles. The first-order valence-corrected chi connectivity index (χ1v) is 9.94. The summed E-state index contributed by atoms with van der Waals surface area (Å²) >= 11 is 0. The van der Waals surface area contributed by atoms with E-state index < -0.39 is 5.41 Å². The highest BCUT2D eigenvalue weighted by Crippen LogP contribution is 2.57. The van der Waals surface area contributed by atoms with Crippen molar-refractivity contribution in [2.45, 2.75) is 32.8 Å². The monoisotopic (exact) mass is 382 g/mol. The Hall–Kier alpha value is -2.17. The van der Waals surface area contributed by atoms with E-state index >= 15 is 0 Å². The van der Waals surface area contributed by atoms with E-state index in [1.807, 2.05) is 36.4 Å². The number of aliphatic hydroxyl groups excluding tert-OH is 2.